The van der Waals surface area contributed by atoms with Crippen LogP contribution in [0.3, 0.4) is 0 Å². The van der Waals surface area contributed by atoms with E-state index in [2.05, 4.69) is 252 Å². The lowest BCUT2D eigenvalue weighted by Gasteiger charge is -2.28. The zero-order valence-electron chi connectivity index (χ0n) is 34.8. The van der Waals surface area contributed by atoms with Crippen LogP contribution in [0.2, 0.25) is 0 Å². The van der Waals surface area contributed by atoms with Crippen LogP contribution in [0, 0.1) is 0 Å². The molecule has 0 N–H and O–H groups in total. The summed E-state index contributed by atoms with van der Waals surface area (Å²) in [7, 11) is 0. The Balaban J connectivity index is 1.03. The Morgan fingerprint density at radius 1 is 0.234 bits per heavy atom. The van der Waals surface area contributed by atoms with Gasteiger partial charge < -0.3 is 9.80 Å². The van der Waals surface area contributed by atoms with Crippen LogP contribution in [0.25, 0.3) is 73.7 Å². The highest BCUT2D eigenvalue weighted by Gasteiger charge is 2.22. The molecule has 12 aromatic rings. The van der Waals surface area contributed by atoms with Crippen LogP contribution < -0.4 is 9.80 Å². The topological polar surface area (TPSA) is 6.48 Å². The lowest BCUT2D eigenvalue weighted by molar-refractivity contribution is 1.29. The van der Waals surface area contributed by atoms with Crippen molar-refractivity contribution >= 4 is 97.1 Å². The zero-order valence-corrected chi connectivity index (χ0v) is 36.4. The van der Waals surface area contributed by atoms with E-state index in [-0.39, 0.29) is 0 Å². The van der Waals surface area contributed by atoms with Gasteiger partial charge in [-0.2, -0.15) is 0 Å². The molecule has 0 aliphatic carbocycles. The molecule has 0 spiro atoms. The Hall–Kier alpha value is -7.76. The van der Waals surface area contributed by atoms with Crippen LogP contribution in [0.5, 0.6) is 0 Å². The fourth-order valence-corrected chi connectivity index (χ4v) is 11.6. The van der Waals surface area contributed by atoms with Gasteiger partial charge in [0.05, 0.1) is 11.4 Å². The van der Waals surface area contributed by atoms with Gasteiger partial charge in [-0.25, -0.2) is 0 Å². The van der Waals surface area contributed by atoms with Crippen molar-refractivity contribution in [1.82, 2.24) is 0 Å². The Morgan fingerprint density at radius 3 is 0.922 bits per heavy atom. The monoisotopic (exact) mass is 852 g/mol. The Labute approximate surface area is 380 Å². The standard InChI is InChI=1S/C60H40N2S2/c1-3-17-41(18-4-1)43-21-11-25-47(37-43)61(53-31-15-35-57-59(53)51-29-7-9-33-55(51)63-57)49-27-13-23-45(39-49)46-24-14-28-50(40-46)62(48-26-12-22-44(38-48)42-19-5-2-6-20-42)54-32-16-36-58-60(54)52-30-8-10-34-56(52)64-58/h1-40H. The Bertz CT molecular complexity index is 3400. The quantitative estimate of drug-likeness (QED) is 0.143. The van der Waals surface area contributed by atoms with Crippen molar-refractivity contribution in [3.05, 3.63) is 243 Å². The third-order valence-electron chi connectivity index (χ3n) is 12.2. The first-order chi connectivity index (χ1) is 31.7. The first-order valence-electron chi connectivity index (χ1n) is 21.7. The number of nitrogens with zero attached hydrogens (tertiary/aromatic N) is 2. The molecule has 0 aliphatic heterocycles. The van der Waals surface area contributed by atoms with Crippen molar-refractivity contribution in [3.63, 3.8) is 0 Å². The van der Waals surface area contributed by atoms with Crippen molar-refractivity contribution in [2.45, 2.75) is 0 Å². The van der Waals surface area contributed by atoms with Gasteiger partial charge in [0.25, 0.3) is 0 Å². The van der Waals surface area contributed by atoms with E-state index in [1.165, 1.54) is 62.6 Å². The normalized spacial score (nSPS) is 11.4. The van der Waals surface area contributed by atoms with Crippen LogP contribution in [-0.2, 0) is 0 Å². The van der Waals surface area contributed by atoms with Gasteiger partial charge in [0.15, 0.2) is 0 Å². The molecule has 0 atom stereocenters. The highest BCUT2D eigenvalue weighted by atomic mass is 32.1. The van der Waals surface area contributed by atoms with Gasteiger partial charge in [-0.1, -0.05) is 158 Å². The molecule has 0 amide bonds. The Morgan fingerprint density at radius 2 is 0.531 bits per heavy atom. The van der Waals surface area contributed by atoms with E-state index in [0.29, 0.717) is 0 Å². The summed E-state index contributed by atoms with van der Waals surface area (Å²) in [4.78, 5) is 4.90. The summed E-state index contributed by atoms with van der Waals surface area (Å²) in [5, 5.41) is 5.08. The average molecular weight is 853 g/mol. The summed E-state index contributed by atoms with van der Waals surface area (Å²) in [5.41, 5.74) is 13.8. The van der Waals surface area contributed by atoms with E-state index in [0.717, 1.165) is 45.3 Å². The van der Waals surface area contributed by atoms with Crippen molar-refractivity contribution in [1.29, 1.82) is 0 Å². The minimum absolute atomic E-state index is 1.10. The SMILES string of the molecule is c1ccc(-c2cccc(N(c3cccc(-c4cccc(N(c5cccc(-c6ccccc6)c5)c5cccc6sc7ccccc7c56)c4)c3)c3cccc4sc5ccccc5c34)c2)cc1. The summed E-state index contributed by atoms with van der Waals surface area (Å²) in [6.07, 6.45) is 0. The van der Waals surface area contributed by atoms with E-state index in [1.54, 1.807) is 0 Å². The van der Waals surface area contributed by atoms with E-state index < -0.39 is 0 Å². The molecular formula is C60H40N2S2. The fourth-order valence-electron chi connectivity index (χ4n) is 9.30. The molecule has 2 aromatic heterocycles. The summed E-state index contributed by atoms with van der Waals surface area (Å²) >= 11 is 3.71. The number of thiophene rings is 2. The maximum absolute atomic E-state index is 2.45. The molecule has 0 bridgehead atoms. The first kappa shape index (κ1) is 38.0. The number of benzene rings is 10. The van der Waals surface area contributed by atoms with Gasteiger partial charge in [-0.05, 0) is 118 Å². The maximum Gasteiger partial charge on any atom is 0.0554 e. The van der Waals surface area contributed by atoms with Crippen LogP contribution >= 0.6 is 22.7 Å². The smallest absolute Gasteiger partial charge is 0.0554 e. The van der Waals surface area contributed by atoms with Gasteiger partial charge >= 0.3 is 0 Å². The number of fused-ring (bicyclic) bond motifs is 6. The predicted octanol–water partition coefficient (Wildman–Crippen LogP) is 18.4. The number of hydrogen-bond acceptors (Lipinski definition) is 4. The van der Waals surface area contributed by atoms with E-state index in [4.69, 9.17) is 0 Å². The van der Waals surface area contributed by atoms with Crippen molar-refractivity contribution in [2.24, 2.45) is 0 Å². The molecule has 0 saturated heterocycles. The second-order valence-corrected chi connectivity index (χ2v) is 18.3. The van der Waals surface area contributed by atoms with Crippen LogP contribution in [0.15, 0.2) is 243 Å². The summed E-state index contributed by atoms with van der Waals surface area (Å²) in [6.45, 7) is 0. The summed E-state index contributed by atoms with van der Waals surface area (Å²) < 4.78 is 5.13. The van der Waals surface area contributed by atoms with Crippen molar-refractivity contribution < 1.29 is 0 Å². The maximum atomic E-state index is 2.45. The van der Waals surface area contributed by atoms with Crippen LogP contribution in [0.1, 0.15) is 0 Å². The molecule has 302 valence electrons. The molecule has 64 heavy (non-hydrogen) atoms. The van der Waals surface area contributed by atoms with Gasteiger partial charge in [-0.3, -0.25) is 0 Å². The lowest BCUT2D eigenvalue weighted by Crippen LogP contribution is -2.11. The highest BCUT2D eigenvalue weighted by molar-refractivity contribution is 7.26. The zero-order chi connectivity index (χ0) is 42.4. The molecule has 0 saturated carbocycles. The number of anilines is 6. The highest BCUT2D eigenvalue weighted by Crippen LogP contribution is 2.48. The molecule has 0 unspecified atom stereocenters. The fraction of sp³-hybridized carbons (Fsp3) is 0. The molecular weight excluding hydrogens is 813 g/mol. The van der Waals surface area contributed by atoms with Gasteiger partial charge in [0.2, 0.25) is 0 Å². The van der Waals surface area contributed by atoms with Crippen LogP contribution in [-0.4, -0.2) is 0 Å². The van der Waals surface area contributed by atoms with Gasteiger partial charge in [0, 0.05) is 63.1 Å². The second kappa shape index (κ2) is 16.2. The van der Waals surface area contributed by atoms with Crippen LogP contribution in [0.4, 0.5) is 34.1 Å². The molecule has 10 aromatic carbocycles. The largest absolute Gasteiger partial charge is 0.310 e. The molecule has 4 heteroatoms. The van der Waals surface area contributed by atoms with E-state index in [1.807, 2.05) is 22.7 Å². The molecule has 0 fully saturated rings. The third-order valence-corrected chi connectivity index (χ3v) is 14.5. The van der Waals surface area contributed by atoms with Gasteiger partial charge in [-0.15, -0.1) is 22.7 Å². The summed E-state index contributed by atoms with van der Waals surface area (Å²) in [6, 6.07) is 88.4. The number of hydrogen-bond donors (Lipinski definition) is 0. The third kappa shape index (κ3) is 6.81. The summed E-state index contributed by atoms with van der Waals surface area (Å²) in [5.74, 6) is 0. The lowest BCUT2D eigenvalue weighted by atomic mass is 10.0. The number of rotatable bonds is 9. The molecule has 12 rings (SSSR count). The molecule has 0 radical (unpaired) electrons. The second-order valence-electron chi connectivity index (χ2n) is 16.1. The molecule has 0 aliphatic rings. The first-order valence-corrected chi connectivity index (χ1v) is 23.3. The minimum Gasteiger partial charge on any atom is -0.310 e. The van der Waals surface area contributed by atoms with Crippen molar-refractivity contribution in [2.75, 3.05) is 9.80 Å². The molecule has 2 heterocycles. The van der Waals surface area contributed by atoms with Gasteiger partial charge in [0.1, 0.15) is 0 Å². The molecule has 2 nitrogen and oxygen atoms in total. The predicted molar refractivity (Wildman–Crippen MR) is 278 cm³/mol. The average Bonchev–Trinajstić information content (AvgIpc) is 3.95. The van der Waals surface area contributed by atoms with Crippen molar-refractivity contribution in [3.8, 4) is 33.4 Å². The van der Waals surface area contributed by atoms with E-state index >= 15 is 0 Å². The Kier molecular flexibility index (Phi) is 9.59. The minimum atomic E-state index is 1.10. The van der Waals surface area contributed by atoms with E-state index in [9.17, 15) is 0 Å².